The summed E-state index contributed by atoms with van der Waals surface area (Å²) in [5.74, 6) is 0.176. The quantitative estimate of drug-likeness (QED) is 0.572. The van der Waals surface area contributed by atoms with Gasteiger partial charge in [-0.1, -0.05) is 12.1 Å². The van der Waals surface area contributed by atoms with Crippen LogP contribution in [0.4, 0.5) is 5.69 Å². The minimum atomic E-state index is -0.362. The molecule has 0 atom stereocenters. The van der Waals surface area contributed by atoms with Crippen molar-refractivity contribution in [3.63, 3.8) is 0 Å². The summed E-state index contributed by atoms with van der Waals surface area (Å²) in [5, 5.41) is 10.9. The molecule has 1 amide bonds. The van der Waals surface area contributed by atoms with Gasteiger partial charge < -0.3 is 9.64 Å². The number of carbonyl (C=O) groups excluding carboxylic acids is 1. The standard InChI is InChI=1S/C17H24N4O4/c22-17(20-8-10-25-11-9-20)14-19-6-4-18(5-7-19)13-15-2-1-3-16(12-15)21(23)24/h1-3,12H,4-11,13-14H2. The third kappa shape index (κ3) is 4.97. The average Bonchev–Trinajstić information content (AvgIpc) is 2.64. The van der Waals surface area contributed by atoms with Crippen LogP contribution in [0.1, 0.15) is 5.56 Å². The van der Waals surface area contributed by atoms with Crippen molar-refractivity contribution in [2.45, 2.75) is 6.54 Å². The Morgan fingerprint density at radius 1 is 1.08 bits per heavy atom. The molecule has 3 rings (SSSR count). The first kappa shape index (κ1) is 17.8. The van der Waals surface area contributed by atoms with Crippen LogP contribution in [0.25, 0.3) is 0 Å². The second kappa shape index (κ2) is 8.37. The molecule has 0 N–H and O–H groups in total. The van der Waals surface area contributed by atoms with Crippen molar-refractivity contribution in [1.82, 2.24) is 14.7 Å². The van der Waals surface area contributed by atoms with Crippen LogP contribution in [-0.4, -0.2) is 84.6 Å². The Bertz CT molecular complexity index is 610. The predicted octanol–water partition coefficient (Wildman–Crippen LogP) is 0.571. The maximum Gasteiger partial charge on any atom is 0.269 e. The molecule has 0 unspecified atom stereocenters. The van der Waals surface area contributed by atoms with Crippen LogP contribution < -0.4 is 0 Å². The molecule has 25 heavy (non-hydrogen) atoms. The van der Waals surface area contributed by atoms with E-state index >= 15 is 0 Å². The normalized spacial score (nSPS) is 19.8. The topological polar surface area (TPSA) is 79.2 Å². The van der Waals surface area contributed by atoms with Gasteiger partial charge in [0.15, 0.2) is 0 Å². The van der Waals surface area contributed by atoms with Gasteiger partial charge in [-0.15, -0.1) is 0 Å². The molecule has 0 spiro atoms. The van der Waals surface area contributed by atoms with Crippen LogP contribution in [0.5, 0.6) is 0 Å². The fourth-order valence-electron chi connectivity index (χ4n) is 3.24. The Kier molecular flexibility index (Phi) is 5.95. The SMILES string of the molecule is O=C(CN1CCN(Cc2cccc([N+](=O)[O-])c2)CC1)N1CCOCC1. The lowest BCUT2D eigenvalue weighted by Gasteiger charge is -2.36. The molecule has 0 aliphatic carbocycles. The lowest BCUT2D eigenvalue weighted by molar-refractivity contribution is -0.384. The number of nitrogens with zero attached hydrogens (tertiary/aromatic N) is 4. The van der Waals surface area contributed by atoms with E-state index in [-0.39, 0.29) is 16.5 Å². The van der Waals surface area contributed by atoms with Crippen molar-refractivity contribution in [2.24, 2.45) is 0 Å². The third-order valence-corrected chi connectivity index (χ3v) is 4.72. The smallest absolute Gasteiger partial charge is 0.269 e. The second-order valence-corrected chi connectivity index (χ2v) is 6.47. The number of hydrogen-bond donors (Lipinski definition) is 0. The van der Waals surface area contributed by atoms with E-state index in [2.05, 4.69) is 9.80 Å². The summed E-state index contributed by atoms with van der Waals surface area (Å²) in [6.45, 7) is 7.19. The summed E-state index contributed by atoms with van der Waals surface area (Å²) in [5.41, 5.74) is 1.08. The van der Waals surface area contributed by atoms with E-state index in [1.54, 1.807) is 12.1 Å². The number of nitro groups is 1. The van der Waals surface area contributed by atoms with Crippen LogP contribution in [0.3, 0.4) is 0 Å². The fraction of sp³-hybridized carbons (Fsp3) is 0.588. The Hall–Kier alpha value is -2.03. The summed E-state index contributed by atoms with van der Waals surface area (Å²) < 4.78 is 5.28. The van der Waals surface area contributed by atoms with Crippen molar-refractivity contribution in [2.75, 3.05) is 59.0 Å². The lowest BCUT2D eigenvalue weighted by atomic mass is 10.1. The number of hydrogen-bond acceptors (Lipinski definition) is 6. The molecule has 0 aromatic heterocycles. The molecule has 136 valence electrons. The van der Waals surface area contributed by atoms with E-state index < -0.39 is 0 Å². The number of ether oxygens (including phenoxy) is 1. The molecule has 1 aromatic carbocycles. The van der Waals surface area contributed by atoms with E-state index in [0.717, 1.165) is 31.7 Å². The Morgan fingerprint density at radius 2 is 1.76 bits per heavy atom. The van der Waals surface area contributed by atoms with Crippen molar-refractivity contribution >= 4 is 11.6 Å². The first-order valence-electron chi connectivity index (χ1n) is 8.65. The zero-order valence-corrected chi connectivity index (χ0v) is 14.3. The van der Waals surface area contributed by atoms with Gasteiger partial charge in [-0.2, -0.15) is 0 Å². The molecule has 0 bridgehead atoms. The lowest BCUT2D eigenvalue weighted by Crippen LogP contribution is -2.51. The van der Waals surface area contributed by atoms with Gasteiger partial charge in [0, 0.05) is 57.9 Å². The molecule has 2 aliphatic heterocycles. The number of morpholine rings is 1. The third-order valence-electron chi connectivity index (χ3n) is 4.72. The van der Waals surface area contributed by atoms with Gasteiger partial charge in [-0.25, -0.2) is 0 Å². The number of amides is 1. The Morgan fingerprint density at radius 3 is 2.44 bits per heavy atom. The molecule has 1 aromatic rings. The van der Waals surface area contributed by atoms with Crippen LogP contribution in [-0.2, 0) is 16.1 Å². The van der Waals surface area contributed by atoms with Crippen molar-refractivity contribution in [1.29, 1.82) is 0 Å². The van der Waals surface area contributed by atoms with Crippen LogP contribution in [0.15, 0.2) is 24.3 Å². The van der Waals surface area contributed by atoms with Gasteiger partial charge in [0.1, 0.15) is 0 Å². The molecule has 8 heteroatoms. The van der Waals surface area contributed by atoms with Gasteiger partial charge in [0.05, 0.1) is 24.7 Å². The average molecular weight is 348 g/mol. The molecule has 2 heterocycles. The predicted molar refractivity (Wildman–Crippen MR) is 92.2 cm³/mol. The molecule has 0 saturated carbocycles. The number of piperazine rings is 1. The van der Waals surface area contributed by atoms with Crippen LogP contribution in [0.2, 0.25) is 0 Å². The second-order valence-electron chi connectivity index (χ2n) is 6.47. The monoisotopic (exact) mass is 348 g/mol. The van der Waals surface area contributed by atoms with E-state index in [4.69, 9.17) is 4.74 Å². The fourth-order valence-corrected chi connectivity index (χ4v) is 3.24. The van der Waals surface area contributed by atoms with Crippen LogP contribution >= 0.6 is 0 Å². The molecule has 8 nitrogen and oxygen atoms in total. The molecule has 2 fully saturated rings. The highest BCUT2D eigenvalue weighted by Gasteiger charge is 2.23. The summed E-state index contributed by atoms with van der Waals surface area (Å²) in [4.78, 5) is 29.1. The van der Waals surface area contributed by atoms with E-state index in [1.165, 1.54) is 6.07 Å². The first-order valence-corrected chi connectivity index (χ1v) is 8.65. The number of benzene rings is 1. The highest BCUT2D eigenvalue weighted by atomic mass is 16.6. The zero-order chi connectivity index (χ0) is 17.6. The highest BCUT2D eigenvalue weighted by molar-refractivity contribution is 5.78. The molecular weight excluding hydrogens is 324 g/mol. The summed E-state index contributed by atoms with van der Waals surface area (Å²) >= 11 is 0. The van der Waals surface area contributed by atoms with Gasteiger partial charge in [0.2, 0.25) is 5.91 Å². The van der Waals surface area contributed by atoms with Gasteiger partial charge >= 0.3 is 0 Å². The van der Waals surface area contributed by atoms with Crippen molar-refractivity contribution < 1.29 is 14.5 Å². The van der Waals surface area contributed by atoms with Gasteiger partial charge in [-0.3, -0.25) is 24.7 Å². The largest absolute Gasteiger partial charge is 0.378 e. The Balaban J connectivity index is 1.44. The van der Waals surface area contributed by atoms with E-state index in [9.17, 15) is 14.9 Å². The minimum Gasteiger partial charge on any atom is -0.378 e. The summed E-state index contributed by atoms with van der Waals surface area (Å²) in [6, 6.07) is 6.79. The number of nitro benzene ring substituents is 1. The number of rotatable bonds is 5. The molecule has 0 radical (unpaired) electrons. The van der Waals surface area contributed by atoms with Crippen molar-refractivity contribution in [3.05, 3.63) is 39.9 Å². The maximum atomic E-state index is 12.3. The van der Waals surface area contributed by atoms with E-state index in [1.807, 2.05) is 11.0 Å². The Labute approximate surface area is 147 Å². The van der Waals surface area contributed by atoms with E-state index in [0.29, 0.717) is 39.4 Å². The molecular formula is C17H24N4O4. The highest BCUT2D eigenvalue weighted by Crippen LogP contribution is 2.15. The summed E-state index contributed by atoms with van der Waals surface area (Å²) in [7, 11) is 0. The summed E-state index contributed by atoms with van der Waals surface area (Å²) in [6.07, 6.45) is 0. The zero-order valence-electron chi connectivity index (χ0n) is 14.3. The van der Waals surface area contributed by atoms with Crippen LogP contribution in [0, 0.1) is 10.1 Å². The van der Waals surface area contributed by atoms with Gasteiger partial charge in [-0.05, 0) is 5.56 Å². The number of carbonyl (C=O) groups is 1. The first-order chi connectivity index (χ1) is 12.1. The molecule has 2 saturated heterocycles. The minimum absolute atomic E-state index is 0.132. The molecule has 2 aliphatic rings. The van der Waals surface area contributed by atoms with Crippen molar-refractivity contribution in [3.8, 4) is 0 Å². The van der Waals surface area contributed by atoms with Gasteiger partial charge in [0.25, 0.3) is 5.69 Å². The maximum absolute atomic E-state index is 12.3. The number of non-ortho nitro benzene ring substituents is 1.